The lowest BCUT2D eigenvalue weighted by molar-refractivity contribution is 0.626. The SMILES string of the molecule is N#Cc1ccc(Sc2ccc(F)cc2)cc1. The van der Waals surface area contributed by atoms with E-state index in [1.54, 1.807) is 24.3 Å². The van der Waals surface area contributed by atoms with Gasteiger partial charge in [0.25, 0.3) is 0 Å². The van der Waals surface area contributed by atoms with Crippen molar-refractivity contribution in [2.45, 2.75) is 9.79 Å². The van der Waals surface area contributed by atoms with E-state index in [0.717, 1.165) is 9.79 Å². The first-order valence-electron chi connectivity index (χ1n) is 4.71. The van der Waals surface area contributed by atoms with E-state index in [1.165, 1.54) is 23.9 Å². The summed E-state index contributed by atoms with van der Waals surface area (Å²) < 4.78 is 12.7. The second-order valence-electron chi connectivity index (χ2n) is 3.19. The average Bonchev–Trinajstić information content (AvgIpc) is 2.33. The second kappa shape index (κ2) is 4.82. The van der Waals surface area contributed by atoms with Crippen LogP contribution in [0, 0.1) is 17.1 Å². The van der Waals surface area contributed by atoms with Gasteiger partial charge in [-0.25, -0.2) is 4.39 Å². The van der Waals surface area contributed by atoms with E-state index in [-0.39, 0.29) is 5.82 Å². The van der Waals surface area contributed by atoms with Crippen LogP contribution in [-0.4, -0.2) is 0 Å². The van der Waals surface area contributed by atoms with Crippen LogP contribution < -0.4 is 0 Å². The molecule has 0 amide bonds. The van der Waals surface area contributed by atoms with Gasteiger partial charge in [-0.05, 0) is 48.5 Å². The van der Waals surface area contributed by atoms with Crippen molar-refractivity contribution in [3.8, 4) is 6.07 Å². The molecule has 0 saturated carbocycles. The topological polar surface area (TPSA) is 23.8 Å². The van der Waals surface area contributed by atoms with Gasteiger partial charge in [0.2, 0.25) is 0 Å². The maximum Gasteiger partial charge on any atom is 0.123 e. The minimum absolute atomic E-state index is 0.232. The molecule has 2 rings (SSSR count). The quantitative estimate of drug-likeness (QED) is 0.781. The average molecular weight is 229 g/mol. The lowest BCUT2D eigenvalue weighted by atomic mass is 10.2. The smallest absolute Gasteiger partial charge is 0.123 e. The molecular weight excluding hydrogens is 221 g/mol. The number of benzene rings is 2. The van der Waals surface area contributed by atoms with Crippen LogP contribution in [0.5, 0.6) is 0 Å². The van der Waals surface area contributed by atoms with Gasteiger partial charge in [0.1, 0.15) is 5.82 Å². The summed E-state index contributed by atoms with van der Waals surface area (Å²) in [5.41, 5.74) is 0.642. The fraction of sp³-hybridized carbons (Fsp3) is 0. The molecule has 3 heteroatoms. The fourth-order valence-electron chi connectivity index (χ4n) is 1.24. The zero-order valence-corrected chi connectivity index (χ0v) is 9.17. The highest BCUT2D eigenvalue weighted by Gasteiger charge is 1.98. The first-order chi connectivity index (χ1) is 7.78. The highest BCUT2D eigenvalue weighted by atomic mass is 32.2. The first-order valence-corrected chi connectivity index (χ1v) is 5.53. The molecule has 0 fully saturated rings. The van der Waals surface area contributed by atoms with Crippen molar-refractivity contribution in [1.82, 2.24) is 0 Å². The molecule has 1 nitrogen and oxygen atoms in total. The molecule has 0 saturated heterocycles. The van der Waals surface area contributed by atoms with Crippen LogP contribution in [0.3, 0.4) is 0 Å². The van der Waals surface area contributed by atoms with E-state index in [2.05, 4.69) is 6.07 Å². The summed E-state index contributed by atoms with van der Waals surface area (Å²) in [6.07, 6.45) is 0. The highest BCUT2D eigenvalue weighted by molar-refractivity contribution is 7.99. The number of nitriles is 1. The van der Waals surface area contributed by atoms with Crippen LogP contribution >= 0.6 is 11.8 Å². The van der Waals surface area contributed by atoms with Crippen LogP contribution in [0.2, 0.25) is 0 Å². The maximum atomic E-state index is 12.7. The zero-order chi connectivity index (χ0) is 11.4. The third kappa shape index (κ3) is 2.62. The van der Waals surface area contributed by atoms with Crippen LogP contribution in [0.25, 0.3) is 0 Å². The number of rotatable bonds is 2. The van der Waals surface area contributed by atoms with Gasteiger partial charge in [0.05, 0.1) is 11.6 Å². The summed E-state index contributed by atoms with van der Waals surface area (Å²) in [5, 5.41) is 8.65. The molecule has 0 N–H and O–H groups in total. The molecular formula is C13H8FNS. The van der Waals surface area contributed by atoms with E-state index in [1.807, 2.05) is 12.1 Å². The highest BCUT2D eigenvalue weighted by Crippen LogP contribution is 2.27. The summed E-state index contributed by atoms with van der Waals surface area (Å²) in [6, 6.07) is 15.7. The van der Waals surface area contributed by atoms with Gasteiger partial charge in [0.15, 0.2) is 0 Å². The minimum atomic E-state index is -0.232. The van der Waals surface area contributed by atoms with Gasteiger partial charge in [-0.2, -0.15) is 5.26 Å². The van der Waals surface area contributed by atoms with Crippen molar-refractivity contribution in [1.29, 1.82) is 5.26 Å². The van der Waals surface area contributed by atoms with E-state index < -0.39 is 0 Å². The minimum Gasteiger partial charge on any atom is -0.207 e. The van der Waals surface area contributed by atoms with E-state index in [0.29, 0.717) is 5.56 Å². The predicted molar refractivity (Wildman–Crippen MR) is 61.7 cm³/mol. The monoisotopic (exact) mass is 229 g/mol. The third-order valence-corrected chi connectivity index (χ3v) is 3.05. The van der Waals surface area contributed by atoms with Crippen molar-refractivity contribution >= 4 is 11.8 Å². The lowest BCUT2D eigenvalue weighted by Crippen LogP contribution is -1.77. The zero-order valence-electron chi connectivity index (χ0n) is 8.35. The van der Waals surface area contributed by atoms with Gasteiger partial charge >= 0.3 is 0 Å². The second-order valence-corrected chi connectivity index (χ2v) is 4.34. The molecule has 78 valence electrons. The summed E-state index contributed by atoms with van der Waals surface area (Å²) in [5.74, 6) is -0.232. The molecule has 0 unspecified atom stereocenters. The molecule has 2 aromatic carbocycles. The largest absolute Gasteiger partial charge is 0.207 e. The molecule has 0 aliphatic rings. The Hall–Kier alpha value is -1.79. The van der Waals surface area contributed by atoms with Crippen molar-refractivity contribution in [2.75, 3.05) is 0 Å². The summed E-state index contributed by atoms with van der Waals surface area (Å²) in [4.78, 5) is 2.01. The van der Waals surface area contributed by atoms with Gasteiger partial charge in [-0.15, -0.1) is 0 Å². The van der Waals surface area contributed by atoms with E-state index in [9.17, 15) is 4.39 Å². The third-order valence-electron chi connectivity index (χ3n) is 2.03. The molecule has 0 radical (unpaired) electrons. The predicted octanol–water partition coefficient (Wildman–Crippen LogP) is 3.85. The number of hydrogen-bond acceptors (Lipinski definition) is 2. The van der Waals surface area contributed by atoms with Crippen molar-refractivity contribution < 1.29 is 4.39 Å². The summed E-state index contributed by atoms with van der Waals surface area (Å²) in [7, 11) is 0. The summed E-state index contributed by atoms with van der Waals surface area (Å²) >= 11 is 1.54. The van der Waals surface area contributed by atoms with Gasteiger partial charge in [-0.3, -0.25) is 0 Å². The molecule has 0 aliphatic heterocycles. The standard InChI is InChI=1S/C13H8FNS/c14-11-3-7-13(8-4-11)16-12-5-1-10(9-15)2-6-12/h1-8H. The molecule has 0 bridgehead atoms. The van der Waals surface area contributed by atoms with Gasteiger partial charge in [-0.1, -0.05) is 11.8 Å². The number of halogens is 1. The van der Waals surface area contributed by atoms with E-state index in [4.69, 9.17) is 5.26 Å². The van der Waals surface area contributed by atoms with Crippen LogP contribution in [0.1, 0.15) is 5.56 Å². The molecule has 0 heterocycles. The molecule has 0 atom stereocenters. The summed E-state index contributed by atoms with van der Waals surface area (Å²) in [6.45, 7) is 0. The van der Waals surface area contributed by atoms with Crippen LogP contribution in [0.15, 0.2) is 58.3 Å². The van der Waals surface area contributed by atoms with Crippen molar-refractivity contribution in [2.24, 2.45) is 0 Å². The maximum absolute atomic E-state index is 12.7. The Morgan fingerprint density at radius 3 is 1.88 bits per heavy atom. The number of nitrogens with zero attached hydrogens (tertiary/aromatic N) is 1. The Balaban J connectivity index is 2.15. The molecule has 16 heavy (non-hydrogen) atoms. The van der Waals surface area contributed by atoms with Crippen LogP contribution in [-0.2, 0) is 0 Å². The Labute approximate surface area is 97.5 Å². The number of hydrogen-bond donors (Lipinski definition) is 0. The Morgan fingerprint density at radius 2 is 1.38 bits per heavy atom. The van der Waals surface area contributed by atoms with E-state index >= 15 is 0 Å². The molecule has 2 aromatic rings. The lowest BCUT2D eigenvalue weighted by Gasteiger charge is -2.01. The van der Waals surface area contributed by atoms with Crippen molar-refractivity contribution in [3.05, 3.63) is 59.9 Å². The first kappa shape index (κ1) is 10.7. The fourth-order valence-corrected chi connectivity index (χ4v) is 2.05. The molecule has 0 spiro atoms. The Bertz CT molecular complexity index is 511. The normalized spacial score (nSPS) is 9.75. The van der Waals surface area contributed by atoms with Gasteiger partial charge < -0.3 is 0 Å². The Kier molecular flexibility index (Phi) is 3.23. The van der Waals surface area contributed by atoms with Crippen LogP contribution in [0.4, 0.5) is 4.39 Å². The van der Waals surface area contributed by atoms with Crippen molar-refractivity contribution in [3.63, 3.8) is 0 Å². The van der Waals surface area contributed by atoms with Gasteiger partial charge in [0, 0.05) is 9.79 Å². The molecule has 0 aliphatic carbocycles. The molecule has 0 aromatic heterocycles. The Morgan fingerprint density at radius 1 is 0.875 bits per heavy atom.